The van der Waals surface area contributed by atoms with Gasteiger partial charge in [0.25, 0.3) is 0 Å². The molecule has 0 bridgehead atoms. The van der Waals surface area contributed by atoms with Crippen LogP contribution in [0.4, 0.5) is 0 Å². The van der Waals surface area contributed by atoms with Crippen LogP contribution in [0, 0.1) is 6.92 Å². The maximum Gasteiger partial charge on any atom is 0.222 e. The number of nitrogens with one attached hydrogen (secondary N) is 2. The van der Waals surface area contributed by atoms with E-state index in [2.05, 4.69) is 78.0 Å². The number of hydrogen-bond donors (Lipinski definition) is 2. The lowest BCUT2D eigenvalue weighted by atomic mass is 10.0. The van der Waals surface area contributed by atoms with E-state index in [-0.39, 0.29) is 5.91 Å². The van der Waals surface area contributed by atoms with Crippen LogP contribution >= 0.6 is 0 Å². The second-order valence-electron chi connectivity index (χ2n) is 7.86. The summed E-state index contributed by atoms with van der Waals surface area (Å²) in [4.78, 5) is 18.1. The molecule has 1 amide bonds. The van der Waals surface area contributed by atoms with Crippen molar-refractivity contribution < 1.29 is 4.79 Å². The molecule has 1 aliphatic heterocycles. The predicted octanol–water partition coefficient (Wildman–Crippen LogP) is 3.59. The van der Waals surface area contributed by atoms with Gasteiger partial charge >= 0.3 is 0 Å². The Kier molecular flexibility index (Phi) is 7.28. The summed E-state index contributed by atoms with van der Waals surface area (Å²) in [6, 6.07) is 17.1. The first-order valence-electron chi connectivity index (χ1n) is 10.4. The van der Waals surface area contributed by atoms with E-state index in [1.165, 1.54) is 22.3 Å². The van der Waals surface area contributed by atoms with Gasteiger partial charge in [0.1, 0.15) is 0 Å². The van der Waals surface area contributed by atoms with Gasteiger partial charge in [-0.25, -0.2) is 0 Å². The average Bonchev–Trinajstić information content (AvgIpc) is 3.13. The van der Waals surface area contributed by atoms with Crippen molar-refractivity contribution in [2.24, 2.45) is 4.99 Å². The number of carbonyl (C=O) groups excluding carboxylic acids is 1. The van der Waals surface area contributed by atoms with Gasteiger partial charge in [-0.15, -0.1) is 0 Å². The predicted molar refractivity (Wildman–Crippen MR) is 119 cm³/mol. The Morgan fingerprint density at radius 1 is 1.14 bits per heavy atom. The normalized spacial score (nSPS) is 15.5. The van der Waals surface area contributed by atoms with Gasteiger partial charge in [-0.05, 0) is 36.0 Å². The Hall–Kier alpha value is -2.82. The molecule has 2 N–H and O–H groups in total. The number of guanidine groups is 1. The van der Waals surface area contributed by atoms with Gasteiger partial charge in [0.2, 0.25) is 5.91 Å². The molecule has 0 aromatic heterocycles. The molecule has 1 saturated heterocycles. The number of likely N-dealkylation sites (tertiary alicyclic amines) is 1. The fraction of sp³-hybridized carbons (Fsp3) is 0.417. The Morgan fingerprint density at radius 2 is 1.90 bits per heavy atom. The lowest BCUT2D eigenvalue weighted by Gasteiger charge is -2.18. The maximum absolute atomic E-state index is 11.9. The summed E-state index contributed by atoms with van der Waals surface area (Å²) in [5.41, 5.74) is 4.96. The first kappa shape index (κ1) is 20.9. The number of amides is 1. The summed E-state index contributed by atoms with van der Waals surface area (Å²) in [5.74, 6) is 1.46. The van der Waals surface area contributed by atoms with Crippen molar-refractivity contribution in [1.82, 2.24) is 15.5 Å². The molecule has 1 unspecified atom stereocenters. The Balaban J connectivity index is 1.49. The molecule has 2 aromatic carbocycles. The van der Waals surface area contributed by atoms with Crippen molar-refractivity contribution in [2.75, 3.05) is 20.1 Å². The lowest BCUT2D eigenvalue weighted by molar-refractivity contribution is -0.128. The lowest BCUT2D eigenvalue weighted by Crippen LogP contribution is -2.38. The fourth-order valence-corrected chi connectivity index (χ4v) is 3.60. The van der Waals surface area contributed by atoms with Gasteiger partial charge in [0.05, 0.1) is 0 Å². The summed E-state index contributed by atoms with van der Waals surface area (Å²) in [7, 11) is 1.79. The van der Waals surface area contributed by atoms with E-state index < -0.39 is 0 Å². The van der Waals surface area contributed by atoms with Crippen molar-refractivity contribution in [2.45, 2.75) is 45.7 Å². The number of nitrogens with zero attached hydrogens (tertiary/aromatic N) is 2. The SMILES string of the molecule is CN=C(NCc1cccc(CN2CCCC2=O)c1)NCC(C)c1ccc(C)cc1. The number of aliphatic imine (C=N–C) groups is 1. The quantitative estimate of drug-likeness (QED) is 0.559. The summed E-state index contributed by atoms with van der Waals surface area (Å²) in [6.07, 6.45) is 1.66. The van der Waals surface area contributed by atoms with Crippen LogP contribution in [-0.2, 0) is 17.9 Å². The number of aryl methyl sites for hydroxylation is 1. The number of benzene rings is 2. The molecule has 0 saturated carbocycles. The van der Waals surface area contributed by atoms with Crippen LogP contribution in [0.5, 0.6) is 0 Å². The Morgan fingerprint density at radius 3 is 2.59 bits per heavy atom. The van der Waals surface area contributed by atoms with Gasteiger partial charge in [0.15, 0.2) is 5.96 Å². The highest BCUT2D eigenvalue weighted by atomic mass is 16.2. The van der Waals surface area contributed by atoms with E-state index in [1.807, 2.05) is 4.90 Å². The van der Waals surface area contributed by atoms with Crippen LogP contribution in [0.2, 0.25) is 0 Å². The van der Waals surface area contributed by atoms with Crippen molar-refractivity contribution in [3.05, 3.63) is 70.8 Å². The van der Waals surface area contributed by atoms with Crippen LogP contribution in [0.3, 0.4) is 0 Å². The molecular formula is C24H32N4O. The molecule has 0 aliphatic carbocycles. The van der Waals surface area contributed by atoms with E-state index >= 15 is 0 Å². The molecule has 0 radical (unpaired) electrons. The van der Waals surface area contributed by atoms with E-state index in [0.29, 0.717) is 25.4 Å². The van der Waals surface area contributed by atoms with Crippen LogP contribution in [0.25, 0.3) is 0 Å². The average molecular weight is 393 g/mol. The number of rotatable bonds is 7. The maximum atomic E-state index is 11.9. The molecule has 1 atom stereocenters. The third-order valence-electron chi connectivity index (χ3n) is 5.44. The Bertz CT molecular complexity index is 844. The van der Waals surface area contributed by atoms with E-state index in [9.17, 15) is 4.79 Å². The Labute approximate surface area is 174 Å². The second-order valence-corrected chi connectivity index (χ2v) is 7.86. The van der Waals surface area contributed by atoms with E-state index in [1.54, 1.807) is 7.05 Å². The van der Waals surface area contributed by atoms with Crippen molar-refractivity contribution in [1.29, 1.82) is 0 Å². The summed E-state index contributed by atoms with van der Waals surface area (Å²) < 4.78 is 0. The zero-order valence-corrected chi connectivity index (χ0v) is 17.7. The molecule has 29 heavy (non-hydrogen) atoms. The van der Waals surface area contributed by atoms with Crippen LogP contribution < -0.4 is 10.6 Å². The molecule has 2 aromatic rings. The van der Waals surface area contributed by atoms with E-state index in [0.717, 1.165) is 25.5 Å². The molecule has 3 rings (SSSR count). The minimum Gasteiger partial charge on any atom is -0.356 e. The van der Waals surface area contributed by atoms with Gasteiger partial charge in [-0.3, -0.25) is 9.79 Å². The summed E-state index contributed by atoms with van der Waals surface area (Å²) >= 11 is 0. The molecule has 1 fully saturated rings. The van der Waals surface area contributed by atoms with Gasteiger partial charge < -0.3 is 15.5 Å². The highest BCUT2D eigenvalue weighted by Gasteiger charge is 2.19. The van der Waals surface area contributed by atoms with Crippen LogP contribution in [-0.4, -0.2) is 36.9 Å². The van der Waals surface area contributed by atoms with Gasteiger partial charge in [-0.1, -0.05) is 61.0 Å². The number of carbonyl (C=O) groups is 1. The zero-order chi connectivity index (χ0) is 20.6. The second kappa shape index (κ2) is 10.1. The topological polar surface area (TPSA) is 56.7 Å². The monoisotopic (exact) mass is 392 g/mol. The molecule has 1 heterocycles. The molecule has 0 spiro atoms. The van der Waals surface area contributed by atoms with Crippen molar-refractivity contribution >= 4 is 11.9 Å². The summed E-state index contributed by atoms with van der Waals surface area (Å²) in [5, 5.41) is 6.81. The van der Waals surface area contributed by atoms with Crippen molar-refractivity contribution in [3.63, 3.8) is 0 Å². The van der Waals surface area contributed by atoms with Crippen LogP contribution in [0.1, 0.15) is 47.9 Å². The number of hydrogen-bond acceptors (Lipinski definition) is 2. The molecule has 5 nitrogen and oxygen atoms in total. The van der Waals surface area contributed by atoms with Crippen molar-refractivity contribution in [3.8, 4) is 0 Å². The molecule has 5 heteroatoms. The summed E-state index contributed by atoms with van der Waals surface area (Å²) in [6.45, 7) is 7.41. The fourth-order valence-electron chi connectivity index (χ4n) is 3.60. The highest BCUT2D eigenvalue weighted by molar-refractivity contribution is 5.79. The highest BCUT2D eigenvalue weighted by Crippen LogP contribution is 2.16. The first-order valence-corrected chi connectivity index (χ1v) is 10.4. The van der Waals surface area contributed by atoms with Crippen LogP contribution in [0.15, 0.2) is 53.5 Å². The molecule has 1 aliphatic rings. The first-order chi connectivity index (χ1) is 14.0. The zero-order valence-electron chi connectivity index (χ0n) is 17.7. The largest absolute Gasteiger partial charge is 0.356 e. The van der Waals surface area contributed by atoms with Gasteiger partial charge in [0, 0.05) is 39.6 Å². The standard InChI is InChI=1S/C24H32N4O/c1-18-9-11-22(12-10-18)19(2)15-26-24(25-3)27-16-20-6-4-7-21(14-20)17-28-13-5-8-23(28)29/h4,6-7,9-12,14,19H,5,8,13,15-17H2,1-3H3,(H2,25,26,27). The van der Waals surface area contributed by atoms with E-state index in [4.69, 9.17) is 0 Å². The van der Waals surface area contributed by atoms with Gasteiger partial charge in [-0.2, -0.15) is 0 Å². The smallest absolute Gasteiger partial charge is 0.222 e. The molecular weight excluding hydrogens is 360 g/mol. The minimum absolute atomic E-state index is 0.265. The third kappa shape index (κ3) is 6.08. The minimum atomic E-state index is 0.265. The molecule has 154 valence electrons. The third-order valence-corrected chi connectivity index (χ3v) is 5.44.